The monoisotopic (exact) mass is 253 g/mol. The molecule has 0 saturated carbocycles. The molecule has 1 rings (SSSR count). The molecule has 0 atom stereocenters. The predicted octanol–water partition coefficient (Wildman–Crippen LogP) is 0.969. The van der Waals surface area contributed by atoms with Crippen molar-refractivity contribution >= 4 is 0 Å². The van der Waals surface area contributed by atoms with Crippen LogP contribution in [0.1, 0.15) is 11.1 Å². The Morgan fingerprint density at radius 2 is 1.50 bits per heavy atom. The van der Waals surface area contributed by atoms with Crippen LogP contribution in [0.3, 0.4) is 0 Å². The zero-order chi connectivity index (χ0) is 13.4. The number of nitrogens with zero attached hydrogens (tertiary/aromatic N) is 1. The highest BCUT2D eigenvalue weighted by Crippen LogP contribution is 2.15. The lowest BCUT2D eigenvalue weighted by Crippen LogP contribution is -2.33. The molecule has 1 aromatic rings. The minimum atomic E-state index is 0.101. The number of aryl methyl sites for hydroxylation is 2. The minimum absolute atomic E-state index is 0.101. The summed E-state index contributed by atoms with van der Waals surface area (Å²) in [6.45, 7) is 6.69. The minimum Gasteiger partial charge on any atom is -0.492 e. The topological polar surface area (TPSA) is 52.9 Å². The molecule has 102 valence electrons. The van der Waals surface area contributed by atoms with E-state index < -0.39 is 0 Å². The molecule has 0 amide bonds. The number of hydrogen-bond acceptors (Lipinski definition) is 4. The van der Waals surface area contributed by atoms with E-state index in [1.165, 1.54) is 11.1 Å². The van der Waals surface area contributed by atoms with E-state index in [9.17, 15) is 0 Å². The Bertz CT molecular complexity index is 329. The third kappa shape index (κ3) is 5.49. The van der Waals surface area contributed by atoms with Crippen LogP contribution >= 0.6 is 0 Å². The molecule has 0 aromatic heterocycles. The summed E-state index contributed by atoms with van der Waals surface area (Å²) in [5.41, 5.74) is 2.38. The summed E-state index contributed by atoms with van der Waals surface area (Å²) in [5.74, 6) is 0.875. The van der Waals surface area contributed by atoms with Crippen molar-refractivity contribution in [3.63, 3.8) is 0 Å². The van der Waals surface area contributed by atoms with E-state index in [0.29, 0.717) is 26.2 Å². The summed E-state index contributed by atoms with van der Waals surface area (Å²) in [6.07, 6.45) is 0. The van der Waals surface area contributed by atoms with Crippen molar-refractivity contribution in [3.8, 4) is 5.75 Å². The normalized spacial score (nSPS) is 10.9. The second-order valence-electron chi connectivity index (χ2n) is 4.46. The SMILES string of the molecule is Cc1cc(C)cc(OCCN(CCO)CCO)c1. The molecular weight excluding hydrogens is 230 g/mol. The molecule has 0 radical (unpaired) electrons. The van der Waals surface area contributed by atoms with Crippen LogP contribution < -0.4 is 4.74 Å². The fraction of sp³-hybridized carbons (Fsp3) is 0.571. The fourth-order valence-electron chi connectivity index (χ4n) is 1.93. The van der Waals surface area contributed by atoms with Crippen LogP contribution in [0.2, 0.25) is 0 Å². The number of rotatable bonds is 8. The molecule has 0 aliphatic rings. The van der Waals surface area contributed by atoms with Crippen molar-refractivity contribution in [1.82, 2.24) is 4.90 Å². The first kappa shape index (κ1) is 15.0. The van der Waals surface area contributed by atoms with Gasteiger partial charge in [-0.1, -0.05) is 6.07 Å². The van der Waals surface area contributed by atoms with Crippen LogP contribution in [-0.2, 0) is 0 Å². The van der Waals surface area contributed by atoms with Gasteiger partial charge >= 0.3 is 0 Å². The van der Waals surface area contributed by atoms with Crippen LogP contribution in [0.5, 0.6) is 5.75 Å². The van der Waals surface area contributed by atoms with Gasteiger partial charge in [-0.05, 0) is 37.1 Å². The molecule has 4 nitrogen and oxygen atoms in total. The molecule has 1 aromatic carbocycles. The number of benzene rings is 1. The summed E-state index contributed by atoms with van der Waals surface area (Å²) in [4.78, 5) is 1.97. The first-order valence-corrected chi connectivity index (χ1v) is 6.31. The first-order chi connectivity index (χ1) is 8.65. The average Bonchev–Trinajstić information content (AvgIpc) is 2.28. The van der Waals surface area contributed by atoms with E-state index in [1.54, 1.807) is 0 Å². The van der Waals surface area contributed by atoms with Crippen LogP contribution in [-0.4, -0.2) is 54.6 Å². The van der Waals surface area contributed by atoms with E-state index in [0.717, 1.165) is 5.75 Å². The van der Waals surface area contributed by atoms with Gasteiger partial charge in [0.05, 0.1) is 13.2 Å². The third-order valence-electron chi connectivity index (χ3n) is 2.70. The van der Waals surface area contributed by atoms with Crippen LogP contribution in [0.15, 0.2) is 18.2 Å². The zero-order valence-electron chi connectivity index (χ0n) is 11.2. The summed E-state index contributed by atoms with van der Waals surface area (Å²) in [6, 6.07) is 6.13. The quantitative estimate of drug-likeness (QED) is 0.725. The number of aliphatic hydroxyl groups excluding tert-OH is 2. The van der Waals surface area contributed by atoms with Crippen molar-refractivity contribution < 1.29 is 14.9 Å². The lowest BCUT2D eigenvalue weighted by atomic mass is 10.1. The second-order valence-corrected chi connectivity index (χ2v) is 4.46. The molecule has 0 spiro atoms. The molecule has 18 heavy (non-hydrogen) atoms. The van der Waals surface area contributed by atoms with Gasteiger partial charge in [-0.15, -0.1) is 0 Å². The van der Waals surface area contributed by atoms with Crippen LogP contribution in [0, 0.1) is 13.8 Å². The van der Waals surface area contributed by atoms with Crippen molar-refractivity contribution in [2.75, 3.05) is 39.5 Å². The number of ether oxygens (including phenoxy) is 1. The molecule has 4 heteroatoms. The Morgan fingerprint density at radius 3 is 2.00 bits per heavy atom. The van der Waals surface area contributed by atoms with E-state index in [2.05, 4.69) is 6.07 Å². The number of hydrogen-bond donors (Lipinski definition) is 2. The van der Waals surface area contributed by atoms with E-state index >= 15 is 0 Å². The van der Waals surface area contributed by atoms with Gasteiger partial charge in [0.2, 0.25) is 0 Å². The third-order valence-corrected chi connectivity index (χ3v) is 2.70. The van der Waals surface area contributed by atoms with Gasteiger partial charge < -0.3 is 14.9 Å². The Hall–Kier alpha value is -1.10. The molecule has 0 heterocycles. The van der Waals surface area contributed by atoms with Crippen LogP contribution in [0.4, 0.5) is 0 Å². The number of aliphatic hydroxyl groups is 2. The van der Waals surface area contributed by atoms with E-state index in [1.807, 2.05) is 30.9 Å². The van der Waals surface area contributed by atoms with Crippen molar-refractivity contribution in [3.05, 3.63) is 29.3 Å². The van der Waals surface area contributed by atoms with Crippen molar-refractivity contribution in [2.24, 2.45) is 0 Å². The van der Waals surface area contributed by atoms with E-state index in [-0.39, 0.29) is 13.2 Å². The molecule has 2 N–H and O–H groups in total. The van der Waals surface area contributed by atoms with Gasteiger partial charge in [-0.2, -0.15) is 0 Å². The van der Waals surface area contributed by atoms with Crippen molar-refractivity contribution in [1.29, 1.82) is 0 Å². The van der Waals surface area contributed by atoms with Crippen LogP contribution in [0.25, 0.3) is 0 Å². The second kappa shape index (κ2) is 8.08. The Balaban J connectivity index is 2.39. The highest BCUT2D eigenvalue weighted by Gasteiger charge is 2.04. The van der Waals surface area contributed by atoms with Crippen molar-refractivity contribution in [2.45, 2.75) is 13.8 Å². The maximum absolute atomic E-state index is 8.89. The standard InChI is InChI=1S/C14H23NO3/c1-12-9-13(2)11-14(10-12)18-8-5-15(3-6-16)4-7-17/h9-11,16-17H,3-8H2,1-2H3. The van der Waals surface area contributed by atoms with E-state index in [4.69, 9.17) is 14.9 Å². The maximum atomic E-state index is 8.89. The summed E-state index contributed by atoms with van der Waals surface area (Å²) in [5, 5.41) is 17.8. The molecule has 0 aliphatic heterocycles. The fourth-order valence-corrected chi connectivity index (χ4v) is 1.93. The zero-order valence-corrected chi connectivity index (χ0v) is 11.2. The highest BCUT2D eigenvalue weighted by atomic mass is 16.5. The molecule has 0 saturated heterocycles. The highest BCUT2D eigenvalue weighted by molar-refractivity contribution is 5.32. The molecular formula is C14H23NO3. The van der Waals surface area contributed by atoms with Gasteiger partial charge in [0.25, 0.3) is 0 Å². The van der Waals surface area contributed by atoms with Gasteiger partial charge in [-0.25, -0.2) is 0 Å². The lowest BCUT2D eigenvalue weighted by molar-refractivity contribution is 0.141. The summed E-state index contributed by atoms with van der Waals surface area (Å²) >= 11 is 0. The molecule has 0 fully saturated rings. The smallest absolute Gasteiger partial charge is 0.119 e. The maximum Gasteiger partial charge on any atom is 0.119 e. The Labute approximate surface area is 109 Å². The summed E-state index contributed by atoms with van der Waals surface area (Å²) < 4.78 is 5.69. The molecule has 0 bridgehead atoms. The summed E-state index contributed by atoms with van der Waals surface area (Å²) in [7, 11) is 0. The van der Waals surface area contributed by atoms with Gasteiger partial charge in [0, 0.05) is 19.6 Å². The van der Waals surface area contributed by atoms with Gasteiger partial charge in [0.15, 0.2) is 0 Å². The molecule has 0 unspecified atom stereocenters. The first-order valence-electron chi connectivity index (χ1n) is 6.31. The largest absolute Gasteiger partial charge is 0.492 e. The Morgan fingerprint density at radius 1 is 0.944 bits per heavy atom. The lowest BCUT2D eigenvalue weighted by Gasteiger charge is -2.20. The predicted molar refractivity (Wildman–Crippen MR) is 72.0 cm³/mol. The van der Waals surface area contributed by atoms with Gasteiger partial charge in [-0.3, -0.25) is 4.90 Å². The molecule has 0 aliphatic carbocycles. The Kier molecular flexibility index (Phi) is 6.72. The van der Waals surface area contributed by atoms with Gasteiger partial charge in [0.1, 0.15) is 12.4 Å². The average molecular weight is 253 g/mol.